The average Bonchev–Trinajstić information content (AvgIpc) is 2.63. The van der Waals surface area contributed by atoms with E-state index >= 15 is 0 Å². The number of carboxylic acid groups (broad SMARTS) is 1. The molecule has 4 nitrogen and oxygen atoms in total. The van der Waals surface area contributed by atoms with Crippen molar-refractivity contribution in [1.29, 1.82) is 0 Å². The molecule has 0 unspecified atom stereocenters. The van der Waals surface area contributed by atoms with E-state index in [1.807, 2.05) is 0 Å². The van der Waals surface area contributed by atoms with Gasteiger partial charge in [0.05, 0.1) is 23.2 Å². The highest BCUT2D eigenvalue weighted by Gasteiger charge is 2.16. The van der Waals surface area contributed by atoms with E-state index in [-0.39, 0.29) is 6.61 Å². The standard InChI is InChI=1S/C19H28O4/c1-2-3-4-5-6-7-8-9-12-15-23-19(22)17-14-11-10-13-16(17)18(20)21/h10-11,13-14H,2-9,12,15H2,1H3,(H,20,21)/i10D,11D,13D,14D. The van der Waals surface area contributed by atoms with E-state index in [0.717, 1.165) is 19.3 Å². The molecule has 0 bridgehead atoms. The number of hydrogen-bond donors (Lipinski definition) is 1. The fraction of sp³-hybridized carbons (Fsp3) is 0.579. The summed E-state index contributed by atoms with van der Waals surface area (Å²) in [6.07, 6.45) is 9.89. The largest absolute Gasteiger partial charge is 0.478 e. The number of aromatic carboxylic acids is 1. The van der Waals surface area contributed by atoms with Crippen LogP contribution in [0.4, 0.5) is 0 Å². The van der Waals surface area contributed by atoms with E-state index in [4.69, 9.17) is 10.2 Å². The Bertz CT molecular complexity index is 662. The molecular formula is C19H28O4. The molecule has 1 aromatic rings. The number of esters is 1. The molecule has 0 heterocycles. The van der Waals surface area contributed by atoms with E-state index in [1.54, 1.807) is 0 Å². The van der Waals surface area contributed by atoms with Crippen LogP contribution < -0.4 is 0 Å². The molecule has 23 heavy (non-hydrogen) atoms. The van der Waals surface area contributed by atoms with Crippen molar-refractivity contribution in [2.24, 2.45) is 0 Å². The Hall–Kier alpha value is -1.84. The van der Waals surface area contributed by atoms with E-state index < -0.39 is 47.2 Å². The predicted molar refractivity (Wildman–Crippen MR) is 90.9 cm³/mol. The van der Waals surface area contributed by atoms with Gasteiger partial charge in [-0.3, -0.25) is 0 Å². The zero-order valence-electron chi connectivity index (χ0n) is 17.7. The Kier molecular flexibility index (Phi) is 6.91. The second-order valence-corrected chi connectivity index (χ2v) is 5.52. The van der Waals surface area contributed by atoms with Crippen LogP contribution in [0.3, 0.4) is 0 Å². The molecule has 0 atom stereocenters. The van der Waals surface area contributed by atoms with Crippen LogP contribution in [0.5, 0.6) is 0 Å². The first-order valence-electron chi connectivity index (χ1n) is 10.3. The van der Waals surface area contributed by atoms with Gasteiger partial charge in [0.15, 0.2) is 0 Å². The lowest BCUT2D eigenvalue weighted by atomic mass is 10.1. The molecule has 0 aromatic heterocycles. The van der Waals surface area contributed by atoms with Crippen LogP contribution in [0.1, 0.15) is 90.9 Å². The van der Waals surface area contributed by atoms with Crippen molar-refractivity contribution in [1.82, 2.24) is 0 Å². The van der Waals surface area contributed by atoms with Crippen LogP contribution in [0.25, 0.3) is 0 Å². The minimum Gasteiger partial charge on any atom is -0.478 e. The third kappa shape index (κ3) is 7.82. The number of hydrogen-bond acceptors (Lipinski definition) is 3. The number of carbonyl (C=O) groups is 2. The minimum atomic E-state index is -1.59. The van der Waals surface area contributed by atoms with Crippen molar-refractivity contribution in [3.8, 4) is 0 Å². The maximum absolute atomic E-state index is 12.2. The number of rotatable bonds is 12. The number of carboxylic acids is 1. The summed E-state index contributed by atoms with van der Waals surface area (Å²) in [4.78, 5) is 23.6. The van der Waals surface area contributed by atoms with Gasteiger partial charge in [-0.2, -0.15) is 0 Å². The van der Waals surface area contributed by atoms with Gasteiger partial charge in [0.1, 0.15) is 0 Å². The first-order valence-corrected chi connectivity index (χ1v) is 8.33. The molecule has 0 amide bonds. The molecule has 0 aliphatic heterocycles. The monoisotopic (exact) mass is 324 g/mol. The molecule has 0 aliphatic carbocycles. The maximum Gasteiger partial charge on any atom is 0.339 e. The summed E-state index contributed by atoms with van der Waals surface area (Å²) in [7, 11) is 0. The topological polar surface area (TPSA) is 63.6 Å². The second kappa shape index (κ2) is 11.7. The number of ether oxygens (including phenoxy) is 1. The molecule has 0 radical (unpaired) electrons. The number of benzene rings is 1. The van der Waals surface area contributed by atoms with Gasteiger partial charge >= 0.3 is 11.9 Å². The number of unbranched alkanes of at least 4 members (excludes halogenated alkanes) is 8. The van der Waals surface area contributed by atoms with E-state index in [2.05, 4.69) is 6.92 Å². The van der Waals surface area contributed by atoms with Gasteiger partial charge < -0.3 is 9.84 Å². The van der Waals surface area contributed by atoms with Crippen molar-refractivity contribution in [3.63, 3.8) is 0 Å². The predicted octanol–water partition coefficient (Wildman–Crippen LogP) is 5.07. The second-order valence-electron chi connectivity index (χ2n) is 5.52. The van der Waals surface area contributed by atoms with E-state index in [1.165, 1.54) is 32.1 Å². The molecule has 0 saturated heterocycles. The summed E-state index contributed by atoms with van der Waals surface area (Å²) in [6.45, 7) is 2.28. The van der Waals surface area contributed by atoms with Crippen LogP contribution >= 0.6 is 0 Å². The van der Waals surface area contributed by atoms with Crippen molar-refractivity contribution in [3.05, 3.63) is 35.3 Å². The Morgan fingerprint density at radius 2 is 1.48 bits per heavy atom. The zero-order chi connectivity index (χ0) is 20.4. The molecular weight excluding hydrogens is 292 g/mol. The highest BCUT2D eigenvalue weighted by molar-refractivity contribution is 6.02. The van der Waals surface area contributed by atoms with Crippen molar-refractivity contribution >= 4 is 11.9 Å². The third-order valence-electron chi connectivity index (χ3n) is 3.59. The van der Waals surface area contributed by atoms with E-state index in [0.29, 0.717) is 6.42 Å². The lowest BCUT2D eigenvalue weighted by molar-refractivity contribution is 0.0487. The summed E-state index contributed by atoms with van der Waals surface area (Å²) in [5.74, 6) is -2.61. The Morgan fingerprint density at radius 3 is 2.04 bits per heavy atom. The third-order valence-corrected chi connectivity index (χ3v) is 3.59. The zero-order valence-corrected chi connectivity index (χ0v) is 13.7. The van der Waals surface area contributed by atoms with Gasteiger partial charge in [0.25, 0.3) is 0 Å². The smallest absolute Gasteiger partial charge is 0.339 e. The molecule has 0 spiro atoms. The summed E-state index contributed by atoms with van der Waals surface area (Å²) >= 11 is 0. The molecule has 128 valence electrons. The first-order chi connectivity index (χ1) is 12.8. The Balaban J connectivity index is 2.53. The first kappa shape index (κ1) is 13.6. The molecule has 0 saturated carbocycles. The SMILES string of the molecule is [2H]c1c([2H])c([2H])c(C(=O)OCCCCCCCCCCC)c(C(=O)O)c1[2H]. The van der Waals surface area contributed by atoms with Gasteiger partial charge in [-0.1, -0.05) is 70.4 Å². The lowest BCUT2D eigenvalue weighted by Crippen LogP contribution is -2.12. The van der Waals surface area contributed by atoms with Crippen LogP contribution in [-0.2, 0) is 4.74 Å². The fourth-order valence-corrected chi connectivity index (χ4v) is 2.28. The normalized spacial score (nSPS) is 12.9. The summed E-state index contributed by atoms with van der Waals surface area (Å²) < 4.78 is 35.7. The molecule has 1 aromatic carbocycles. The fourth-order valence-electron chi connectivity index (χ4n) is 2.28. The average molecular weight is 324 g/mol. The summed E-state index contributed by atoms with van der Waals surface area (Å²) in [5, 5.41) is 9.23. The Labute approximate surface area is 144 Å². The quantitative estimate of drug-likeness (QED) is 0.430. The maximum atomic E-state index is 12.2. The molecule has 4 heteroatoms. The van der Waals surface area contributed by atoms with Crippen LogP contribution in [-0.4, -0.2) is 23.7 Å². The summed E-state index contributed by atoms with van der Waals surface area (Å²) in [5.41, 5.74) is -1.37. The van der Waals surface area contributed by atoms with E-state index in [9.17, 15) is 14.7 Å². The molecule has 1 N–H and O–H groups in total. The van der Waals surface area contributed by atoms with Gasteiger partial charge in [-0.25, -0.2) is 9.59 Å². The van der Waals surface area contributed by atoms with Crippen molar-refractivity contribution in [2.75, 3.05) is 6.61 Å². The number of carbonyl (C=O) groups excluding carboxylic acids is 1. The van der Waals surface area contributed by atoms with Crippen LogP contribution in [0.15, 0.2) is 24.2 Å². The van der Waals surface area contributed by atoms with Gasteiger partial charge in [-0.05, 0) is 18.5 Å². The van der Waals surface area contributed by atoms with Crippen LogP contribution in [0, 0.1) is 0 Å². The highest BCUT2D eigenvalue weighted by atomic mass is 16.5. The van der Waals surface area contributed by atoms with Crippen LogP contribution in [0.2, 0.25) is 0 Å². The Morgan fingerprint density at radius 1 is 0.957 bits per heavy atom. The van der Waals surface area contributed by atoms with Gasteiger partial charge in [-0.15, -0.1) is 0 Å². The highest BCUT2D eigenvalue weighted by Crippen LogP contribution is 2.12. The summed E-state index contributed by atoms with van der Waals surface area (Å²) in [6, 6.07) is -2.78. The molecule has 1 rings (SSSR count). The molecule has 0 aliphatic rings. The molecule has 0 fully saturated rings. The van der Waals surface area contributed by atoms with Crippen molar-refractivity contribution < 1.29 is 24.9 Å². The lowest BCUT2D eigenvalue weighted by Gasteiger charge is -2.07. The minimum absolute atomic E-state index is 0.0937. The van der Waals surface area contributed by atoms with Gasteiger partial charge in [0.2, 0.25) is 0 Å². The van der Waals surface area contributed by atoms with Gasteiger partial charge in [0, 0.05) is 0 Å². The van der Waals surface area contributed by atoms with Crippen molar-refractivity contribution in [2.45, 2.75) is 64.7 Å².